The Labute approximate surface area is 112 Å². The van der Waals surface area contributed by atoms with Crippen LogP contribution in [0.2, 0.25) is 5.15 Å². The topological polar surface area (TPSA) is 53.5 Å². The van der Waals surface area contributed by atoms with Gasteiger partial charge in [-0.1, -0.05) is 11.6 Å². The Morgan fingerprint density at radius 2 is 2.06 bits per heavy atom. The lowest BCUT2D eigenvalue weighted by molar-refractivity contribution is 0.347. The van der Waals surface area contributed by atoms with Crippen molar-refractivity contribution < 1.29 is 8.42 Å². The highest BCUT2D eigenvalue weighted by atomic mass is 35.5. The Kier molecular flexibility index (Phi) is 4.21. The second kappa shape index (κ2) is 5.52. The first-order chi connectivity index (χ1) is 8.50. The molecule has 7 heteroatoms. The zero-order chi connectivity index (χ0) is 13.2. The lowest BCUT2D eigenvalue weighted by Crippen LogP contribution is -2.34. The zero-order valence-electron chi connectivity index (χ0n) is 10.2. The van der Waals surface area contributed by atoms with Crippen LogP contribution in [0.5, 0.6) is 0 Å². The minimum atomic E-state index is -3.45. The van der Waals surface area contributed by atoms with Gasteiger partial charge in [-0.3, -0.25) is 0 Å². The lowest BCUT2D eigenvalue weighted by Gasteiger charge is -2.20. The number of sulfonamides is 1. The van der Waals surface area contributed by atoms with Crippen molar-refractivity contribution in [1.82, 2.24) is 14.2 Å². The van der Waals surface area contributed by atoms with Crippen molar-refractivity contribution in [2.45, 2.75) is 11.3 Å². The molecule has 18 heavy (non-hydrogen) atoms. The average Bonchev–Trinajstić information content (AvgIpc) is 2.54. The molecular formula is C11H16ClN3O2S. The molecule has 2 heterocycles. The van der Waals surface area contributed by atoms with E-state index in [1.165, 1.54) is 22.6 Å². The SMILES string of the molecule is CN1CCCN(S(=O)(=O)c2ccnc(Cl)c2)CC1. The summed E-state index contributed by atoms with van der Waals surface area (Å²) in [5, 5.41) is 0.197. The maximum Gasteiger partial charge on any atom is 0.243 e. The van der Waals surface area contributed by atoms with Crippen LogP contribution in [0.4, 0.5) is 0 Å². The van der Waals surface area contributed by atoms with Gasteiger partial charge in [-0.25, -0.2) is 13.4 Å². The van der Waals surface area contributed by atoms with Gasteiger partial charge >= 0.3 is 0 Å². The van der Waals surface area contributed by atoms with E-state index < -0.39 is 10.0 Å². The molecule has 1 aliphatic rings. The van der Waals surface area contributed by atoms with Crippen LogP contribution >= 0.6 is 11.6 Å². The van der Waals surface area contributed by atoms with E-state index in [4.69, 9.17) is 11.6 Å². The quantitative estimate of drug-likeness (QED) is 0.764. The molecule has 1 aliphatic heterocycles. The Balaban J connectivity index is 2.25. The number of aromatic nitrogens is 1. The predicted molar refractivity (Wildman–Crippen MR) is 70.1 cm³/mol. The summed E-state index contributed by atoms with van der Waals surface area (Å²) in [6, 6.07) is 2.88. The molecule has 100 valence electrons. The van der Waals surface area contributed by atoms with Crippen LogP contribution in [0.1, 0.15) is 6.42 Å². The van der Waals surface area contributed by atoms with Crippen LogP contribution in [0.15, 0.2) is 23.2 Å². The molecule has 0 amide bonds. The molecule has 0 radical (unpaired) electrons. The van der Waals surface area contributed by atoms with Crippen LogP contribution in [0.25, 0.3) is 0 Å². The largest absolute Gasteiger partial charge is 0.305 e. The summed E-state index contributed by atoms with van der Waals surface area (Å²) >= 11 is 5.74. The number of rotatable bonds is 2. The van der Waals surface area contributed by atoms with Crippen LogP contribution in [-0.2, 0) is 10.0 Å². The standard InChI is InChI=1S/C11H16ClN3O2S/c1-14-5-2-6-15(8-7-14)18(16,17)10-3-4-13-11(12)9-10/h3-4,9H,2,5-8H2,1H3. The molecule has 0 unspecified atom stereocenters. The summed E-state index contributed by atoms with van der Waals surface area (Å²) in [6.07, 6.45) is 2.26. The van der Waals surface area contributed by atoms with Gasteiger partial charge in [0.05, 0.1) is 4.90 Å². The van der Waals surface area contributed by atoms with Gasteiger partial charge in [-0.05, 0) is 32.1 Å². The van der Waals surface area contributed by atoms with Crippen LogP contribution in [0, 0.1) is 0 Å². The number of nitrogens with zero attached hydrogens (tertiary/aromatic N) is 3. The normalized spacial score (nSPS) is 19.7. The molecule has 1 fully saturated rings. The maximum absolute atomic E-state index is 12.4. The first-order valence-corrected chi connectivity index (χ1v) is 7.62. The molecule has 0 saturated carbocycles. The second-order valence-corrected chi connectivity index (χ2v) is 6.70. The summed E-state index contributed by atoms with van der Waals surface area (Å²) < 4.78 is 26.4. The van der Waals surface area contributed by atoms with Gasteiger partial charge in [0.15, 0.2) is 0 Å². The van der Waals surface area contributed by atoms with Gasteiger partial charge in [-0.2, -0.15) is 4.31 Å². The maximum atomic E-state index is 12.4. The molecule has 1 saturated heterocycles. The van der Waals surface area contributed by atoms with Crippen molar-refractivity contribution in [2.75, 3.05) is 33.2 Å². The van der Waals surface area contributed by atoms with Crippen molar-refractivity contribution in [3.05, 3.63) is 23.5 Å². The highest BCUT2D eigenvalue weighted by molar-refractivity contribution is 7.89. The Morgan fingerprint density at radius 1 is 1.28 bits per heavy atom. The fourth-order valence-corrected chi connectivity index (χ4v) is 3.68. The van der Waals surface area contributed by atoms with E-state index in [-0.39, 0.29) is 10.0 Å². The molecule has 5 nitrogen and oxygen atoms in total. The molecule has 0 atom stereocenters. The predicted octanol–water partition coefficient (Wildman–Crippen LogP) is 1.06. The van der Waals surface area contributed by atoms with E-state index in [2.05, 4.69) is 9.88 Å². The first kappa shape index (κ1) is 13.7. The minimum absolute atomic E-state index is 0.197. The van der Waals surface area contributed by atoms with Gasteiger partial charge in [0, 0.05) is 25.8 Å². The Bertz CT molecular complexity index is 521. The summed E-state index contributed by atoms with van der Waals surface area (Å²) in [7, 11) is -1.45. The van der Waals surface area contributed by atoms with E-state index in [9.17, 15) is 8.42 Å². The summed E-state index contributed by atoms with van der Waals surface area (Å²) in [5.41, 5.74) is 0. The van der Waals surface area contributed by atoms with Crippen LogP contribution in [0.3, 0.4) is 0 Å². The summed E-state index contributed by atoms with van der Waals surface area (Å²) in [5.74, 6) is 0. The summed E-state index contributed by atoms with van der Waals surface area (Å²) in [6.45, 7) is 2.73. The smallest absolute Gasteiger partial charge is 0.243 e. The van der Waals surface area contributed by atoms with Crippen molar-refractivity contribution >= 4 is 21.6 Å². The highest BCUT2D eigenvalue weighted by Gasteiger charge is 2.26. The Morgan fingerprint density at radius 3 is 2.78 bits per heavy atom. The molecule has 0 aliphatic carbocycles. The van der Waals surface area contributed by atoms with Crippen molar-refractivity contribution in [2.24, 2.45) is 0 Å². The van der Waals surface area contributed by atoms with Crippen molar-refractivity contribution in [3.63, 3.8) is 0 Å². The number of likely N-dealkylation sites (N-methyl/N-ethyl adjacent to an activating group) is 1. The Hall–Kier alpha value is -0.690. The van der Waals surface area contributed by atoms with Gasteiger partial charge < -0.3 is 4.90 Å². The third-order valence-electron chi connectivity index (χ3n) is 3.01. The number of hydrogen-bond donors (Lipinski definition) is 0. The molecule has 0 spiro atoms. The molecule has 0 N–H and O–H groups in total. The molecule has 0 aromatic carbocycles. The monoisotopic (exact) mass is 289 g/mol. The van der Waals surface area contributed by atoms with E-state index >= 15 is 0 Å². The highest BCUT2D eigenvalue weighted by Crippen LogP contribution is 2.19. The van der Waals surface area contributed by atoms with E-state index in [0.29, 0.717) is 13.1 Å². The number of hydrogen-bond acceptors (Lipinski definition) is 4. The molecule has 1 aromatic heterocycles. The zero-order valence-corrected chi connectivity index (χ0v) is 11.8. The van der Waals surface area contributed by atoms with Gasteiger partial charge in [-0.15, -0.1) is 0 Å². The summed E-state index contributed by atoms with van der Waals surface area (Å²) in [4.78, 5) is 6.15. The van der Waals surface area contributed by atoms with E-state index in [1.54, 1.807) is 0 Å². The molecule has 1 aromatic rings. The second-order valence-electron chi connectivity index (χ2n) is 4.38. The van der Waals surface area contributed by atoms with E-state index in [1.807, 2.05) is 7.05 Å². The molecule has 0 bridgehead atoms. The van der Waals surface area contributed by atoms with Crippen molar-refractivity contribution in [3.8, 4) is 0 Å². The van der Waals surface area contributed by atoms with Gasteiger partial charge in [0.1, 0.15) is 5.15 Å². The van der Waals surface area contributed by atoms with Crippen molar-refractivity contribution in [1.29, 1.82) is 0 Å². The third-order valence-corrected chi connectivity index (χ3v) is 5.12. The van der Waals surface area contributed by atoms with Gasteiger partial charge in [0.25, 0.3) is 0 Å². The fourth-order valence-electron chi connectivity index (χ4n) is 1.96. The fraction of sp³-hybridized carbons (Fsp3) is 0.545. The van der Waals surface area contributed by atoms with Crippen LogP contribution in [-0.4, -0.2) is 55.8 Å². The van der Waals surface area contributed by atoms with Crippen LogP contribution < -0.4 is 0 Å². The molecular weight excluding hydrogens is 274 g/mol. The third kappa shape index (κ3) is 3.00. The van der Waals surface area contributed by atoms with Gasteiger partial charge in [0.2, 0.25) is 10.0 Å². The minimum Gasteiger partial charge on any atom is -0.305 e. The molecule has 2 rings (SSSR count). The number of pyridine rings is 1. The number of halogens is 1. The lowest BCUT2D eigenvalue weighted by atomic mass is 10.4. The average molecular weight is 290 g/mol. The first-order valence-electron chi connectivity index (χ1n) is 5.80. The van der Waals surface area contributed by atoms with E-state index in [0.717, 1.165) is 19.5 Å².